The molecule has 2 fully saturated rings. The van der Waals surface area contributed by atoms with Gasteiger partial charge in [-0.2, -0.15) is 0 Å². The van der Waals surface area contributed by atoms with Gasteiger partial charge in [-0.05, 0) is 51.0 Å². The Kier molecular flexibility index (Phi) is 4.99. The lowest BCUT2D eigenvalue weighted by Crippen LogP contribution is -2.53. The number of urea groups is 1. The lowest BCUT2D eigenvalue weighted by molar-refractivity contribution is -0.117. The number of carbonyl (C=O) groups excluding carboxylic acids is 2. The van der Waals surface area contributed by atoms with Gasteiger partial charge in [0.1, 0.15) is 0 Å². The second kappa shape index (κ2) is 7.04. The van der Waals surface area contributed by atoms with Gasteiger partial charge in [0.15, 0.2) is 0 Å². The molecule has 3 atom stereocenters. The van der Waals surface area contributed by atoms with Crippen LogP contribution in [-0.4, -0.2) is 54.7 Å². The third-order valence-corrected chi connectivity index (χ3v) is 4.96. The van der Waals surface area contributed by atoms with Crippen LogP contribution >= 0.6 is 0 Å². The van der Waals surface area contributed by atoms with E-state index in [9.17, 15) is 9.59 Å². The lowest BCUT2D eigenvalue weighted by atomic mass is 10.1. The van der Waals surface area contributed by atoms with Crippen molar-refractivity contribution in [3.8, 4) is 0 Å². The van der Waals surface area contributed by atoms with Crippen molar-refractivity contribution in [1.29, 1.82) is 0 Å². The van der Waals surface area contributed by atoms with Crippen LogP contribution < -0.4 is 10.2 Å². The highest BCUT2D eigenvalue weighted by Gasteiger charge is 2.34. The Balaban J connectivity index is 1.62. The van der Waals surface area contributed by atoms with E-state index in [0.717, 1.165) is 11.3 Å². The summed E-state index contributed by atoms with van der Waals surface area (Å²) in [5, 5.41) is 3.01. The van der Waals surface area contributed by atoms with Crippen molar-refractivity contribution in [3.05, 3.63) is 29.3 Å². The molecule has 1 N–H and O–H groups in total. The van der Waals surface area contributed by atoms with Crippen molar-refractivity contribution in [2.24, 2.45) is 0 Å². The molecule has 0 unspecified atom stereocenters. The molecule has 3 rings (SSSR count). The number of nitrogens with zero attached hydrogens (tertiary/aromatic N) is 2. The minimum Gasteiger partial charge on any atom is -0.372 e. The zero-order valence-corrected chi connectivity index (χ0v) is 15.4. The molecular weight excluding hydrogens is 318 g/mol. The fourth-order valence-electron chi connectivity index (χ4n) is 3.56. The van der Waals surface area contributed by atoms with Crippen LogP contribution in [0.2, 0.25) is 0 Å². The van der Waals surface area contributed by atoms with Gasteiger partial charge in [-0.25, -0.2) is 4.79 Å². The van der Waals surface area contributed by atoms with Crippen molar-refractivity contribution in [3.63, 3.8) is 0 Å². The molecule has 6 heteroatoms. The quantitative estimate of drug-likeness (QED) is 0.894. The average Bonchev–Trinajstić information content (AvgIpc) is 2.89. The van der Waals surface area contributed by atoms with E-state index in [1.165, 1.54) is 5.56 Å². The van der Waals surface area contributed by atoms with Gasteiger partial charge in [0.2, 0.25) is 5.91 Å². The van der Waals surface area contributed by atoms with Crippen LogP contribution in [0.5, 0.6) is 0 Å². The van der Waals surface area contributed by atoms with Gasteiger partial charge in [-0.3, -0.25) is 4.79 Å². The maximum Gasteiger partial charge on any atom is 0.317 e. The van der Waals surface area contributed by atoms with E-state index in [4.69, 9.17) is 4.74 Å². The molecule has 3 amide bonds. The molecule has 0 spiro atoms. The second-order valence-electron chi connectivity index (χ2n) is 7.29. The third-order valence-electron chi connectivity index (χ3n) is 4.96. The molecule has 136 valence electrons. The minimum atomic E-state index is -0.157. The molecule has 6 nitrogen and oxygen atoms in total. The maximum absolute atomic E-state index is 12.5. The number of nitrogens with one attached hydrogen (secondary N) is 1. The van der Waals surface area contributed by atoms with E-state index in [1.54, 1.807) is 9.80 Å². The van der Waals surface area contributed by atoms with Crippen molar-refractivity contribution < 1.29 is 14.3 Å². The van der Waals surface area contributed by atoms with Crippen LogP contribution in [0.25, 0.3) is 0 Å². The summed E-state index contributed by atoms with van der Waals surface area (Å²) < 4.78 is 5.67. The molecule has 0 radical (unpaired) electrons. The van der Waals surface area contributed by atoms with Gasteiger partial charge in [0.05, 0.1) is 18.2 Å². The number of hydrogen-bond donors (Lipinski definition) is 1. The van der Waals surface area contributed by atoms with Crippen molar-refractivity contribution in [2.45, 2.75) is 52.4 Å². The molecule has 2 saturated heterocycles. The SMILES string of the molecule is Cc1ccc(N2C[C@H](NC(=O)N3C[C@@H](C)O[C@H](C)C3)CC2=O)cc1C. The molecule has 0 aliphatic carbocycles. The van der Waals surface area contributed by atoms with E-state index < -0.39 is 0 Å². The molecule has 2 aliphatic heterocycles. The summed E-state index contributed by atoms with van der Waals surface area (Å²) in [6.07, 6.45) is 0.409. The molecule has 0 saturated carbocycles. The Morgan fingerprint density at radius 3 is 2.44 bits per heavy atom. The number of anilines is 1. The molecule has 25 heavy (non-hydrogen) atoms. The van der Waals surface area contributed by atoms with Crippen molar-refractivity contribution >= 4 is 17.6 Å². The molecule has 1 aromatic rings. The Bertz CT molecular complexity index is 666. The van der Waals surface area contributed by atoms with Crippen LogP contribution in [0.4, 0.5) is 10.5 Å². The molecule has 0 bridgehead atoms. The van der Waals surface area contributed by atoms with Gasteiger partial charge in [-0.1, -0.05) is 6.07 Å². The van der Waals surface area contributed by atoms with Gasteiger partial charge in [0.25, 0.3) is 0 Å². The summed E-state index contributed by atoms with van der Waals surface area (Å²) in [5.41, 5.74) is 3.27. The summed E-state index contributed by atoms with van der Waals surface area (Å²) in [5.74, 6) is 0.0530. The van der Waals surface area contributed by atoms with E-state index >= 15 is 0 Å². The highest BCUT2D eigenvalue weighted by atomic mass is 16.5. The molecule has 2 heterocycles. The van der Waals surface area contributed by atoms with Gasteiger partial charge in [0, 0.05) is 31.7 Å². The Morgan fingerprint density at radius 2 is 1.80 bits per heavy atom. The first kappa shape index (κ1) is 17.7. The molecular formula is C19H27N3O3. The summed E-state index contributed by atoms with van der Waals surface area (Å²) in [4.78, 5) is 28.5. The smallest absolute Gasteiger partial charge is 0.317 e. The van der Waals surface area contributed by atoms with Crippen LogP contribution in [0, 0.1) is 13.8 Å². The topological polar surface area (TPSA) is 61.9 Å². The number of benzene rings is 1. The summed E-state index contributed by atoms with van der Waals surface area (Å²) in [6.45, 7) is 9.71. The second-order valence-corrected chi connectivity index (χ2v) is 7.29. The maximum atomic E-state index is 12.5. The zero-order chi connectivity index (χ0) is 18.1. The standard InChI is InChI=1S/C19H27N3O3/c1-12-5-6-17(7-13(12)2)22-11-16(8-18(22)23)20-19(24)21-9-14(3)25-15(4)10-21/h5-7,14-16H,8-11H2,1-4H3,(H,20,24)/t14-,15-,16-/m1/s1. The van der Waals surface area contributed by atoms with E-state index in [1.807, 2.05) is 39.0 Å². The zero-order valence-electron chi connectivity index (χ0n) is 15.4. The first-order valence-electron chi connectivity index (χ1n) is 8.92. The molecule has 1 aromatic carbocycles. The van der Waals surface area contributed by atoms with Crippen LogP contribution in [-0.2, 0) is 9.53 Å². The summed E-state index contributed by atoms with van der Waals surface area (Å²) >= 11 is 0. The van der Waals surface area contributed by atoms with Crippen LogP contribution in [0.1, 0.15) is 31.4 Å². The predicted molar refractivity (Wildman–Crippen MR) is 96.8 cm³/mol. The summed E-state index contributed by atoms with van der Waals surface area (Å²) in [6, 6.07) is 5.76. The first-order chi connectivity index (χ1) is 11.8. The van der Waals surface area contributed by atoms with Crippen LogP contribution in [0.3, 0.4) is 0 Å². The Hall–Kier alpha value is -2.08. The fraction of sp³-hybridized carbons (Fsp3) is 0.579. The van der Waals surface area contributed by atoms with Gasteiger partial charge in [-0.15, -0.1) is 0 Å². The number of morpholine rings is 1. The number of amides is 3. The number of rotatable bonds is 2. The van der Waals surface area contributed by atoms with Crippen molar-refractivity contribution in [2.75, 3.05) is 24.5 Å². The highest BCUT2D eigenvalue weighted by molar-refractivity contribution is 5.97. The fourth-order valence-corrected chi connectivity index (χ4v) is 3.56. The molecule has 0 aromatic heterocycles. The average molecular weight is 345 g/mol. The molecule has 2 aliphatic rings. The van der Waals surface area contributed by atoms with E-state index in [2.05, 4.69) is 12.2 Å². The Labute approximate surface area is 149 Å². The lowest BCUT2D eigenvalue weighted by Gasteiger charge is -2.35. The predicted octanol–water partition coefficient (Wildman–Crippen LogP) is 2.23. The van der Waals surface area contributed by atoms with Crippen molar-refractivity contribution in [1.82, 2.24) is 10.2 Å². The largest absolute Gasteiger partial charge is 0.372 e. The Morgan fingerprint density at radius 1 is 1.12 bits per heavy atom. The van der Waals surface area contributed by atoms with E-state index in [0.29, 0.717) is 26.1 Å². The highest BCUT2D eigenvalue weighted by Crippen LogP contribution is 2.24. The first-order valence-corrected chi connectivity index (χ1v) is 8.92. The number of carbonyl (C=O) groups is 2. The monoisotopic (exact) mass is 345 g/mol. The van der Waals surface area contributed by atoms with Gasteiger partial charge >= 0.3 is 6.03 Å². The number of aryl methyl sites for hydroxylation is 2. The number of ether oxygens (including phenoxy) is 1. The van der Waals surface area contributed by atoms with Crippen LogP contribution in [0.15, 0.2) is 18.2 Å². The van der Waals surface area contributed by atoms with E-state index in [-0.39, 0.29) is 30.2 Å². The third kappa shape index (κ3) is 3.95. The minimum absolute atomic E-state index is 0.0340. The van der Waals surface area contributed by atoms with Gasteiger partial charge < -0.3 is 19.9 Å². The normalized spacial score (nSPS) is 26.9. The number of hydrogen-bond acceptors (Lipinski definition) is 3. The summed E-state index contributed by atoms with van der Waals surface area (Å²) in [7, 11) is 0.